The smallest absolute Gasteiger partial charge is 0.277 e. The molecule has 0 aliphatic rings. The molecule has 0 heterocycles. The van der Waals surface area contributed by atoms with Gasteiger partial charge in [0.05, 0.1) is 13.2 Å². The lowest BCUT2D eigenvalue weighted by molar-refractivity contribution is -0.109. The summed E-state index contributed by atoms with van der Waals surface area (Å²) in [6.45, 7) is 7.65. The van der Waals surface area contributed by atoms with Crippen LogP contribution in [0.15, 0.2) is 66.7 Å². The Morgan fingerprint density at radius 3 is 2.26 bits per heavy atom. The third kappa shape index (κ3) is 8.00. The van der Waals surface area contributed by atoms with Crippen LogP contribution in [0, 0.1) is 13.8 Å². The molecule has 0 radical (unpaired) electrons. The average Bonchev–Trinajstić information content (AvgIpc) is 2.94. The maximum absolute atomic E-state index is 12.8. The SMILES string of the molecule is C/C(=C(\Nc1ccc(C(=O)N(C)OCCN(C)CCO)cc1)c1ccccc1)c1cc(C)c(C)cc1NC=O. The lowest BCUT2D eigenvalue weighted by Gasteiger charge is -2.20. The lowest BCUT2D eigenvalue weighted by atomic mass is 9.95. The van der Waals surface area contributed by atoms with Crippen LogP contribution in [0.3, 0.4) is 0 Å². The first kappa shape index (κ1) is 29.6. The predicted octanol–water partition coefficient (Wildman–Crippen LogP) is 4.80. The van der Waals surface area contributed by atoms with Crippen molar-refractivity contribution in [2.24, 2.45) is 0 Å². The monoisotopic (exact) mass is 530 g/mol. The fourth-order valence-corrected chi connectivity index (χ4v) is 4.13. The molecule has 3 aromatic rings. The second-order valence-electron chi connectivity index (χ2n) is 9.48. The van der Waals surface area contributed by atoms with E-state index in [2.05, 4.69) is 23.6 Å². The van der Waals surface area contributed by atoms with Crippen LogP contribution < -0.4 is 10.6 Å². The van der Waals surface area contributed by atoms with Gasteiger partial charge in [-0.15, -0.1) is 0 Å². The molecule has 8 nitrogen and oxygen atoms in total. The maximum atomic E-state index is 12.8. The van der Waals surface area contributed by atoms with Crippen LogP contribution in [0.5, 0.6) is 0 Å². The quantitative estimate of drug-likeness (QED) is 0.167. The van der Waals surface area contributed by atoms with Crippen molar-refractivity contribution in [2.45, 2.75) is 20.8 Å². The summed E-state index contributed by atoms with van der Waals surface area (Å²) in [4.78, 5) is 31.7. The maximum Gasteiger partial charge on any atom is 0.277 e. The van der Waals surface area contributed by atoms with Gasteiger partial charge in [-0.25, -0.2) is 5.06 Å². The largest absolute Gasteiger partial charge is 0.395 e. The normalized spacial score (nSPS) is 11.7. The van der Waals surface area contributed by atoms with E-state index in [1.807, 2.05) is 74.3 Å². The summed E-state index contributed by atoms with van der Waals surface area (Å²) >= 11 is 0. The van der Waals surface area contributed by atoms with Gasteiger partial charge in [-0.2, -0.15) is 0 Å². The molecule has 0 aromatic heterocycles. The minimum atomic E-state index is -0.249. The number of aliphatic hydroxyl groups excluding tert-OH is 1. The van der Waals surface area contributed by atoms with Crippen LogP contribution in [0.25, 0.3) is 11.3 Å². The number of amides is 2. The molecule has 0 saturated carbocycles. The summed E-state index contributed by atoms with van der Waals surface area (Å²) < 4.78 is 0. The number of allylic oxidation sites excluding steroid dienone is 1. The molecule has 0 bridgehead atoms. The van der Waals surface area contributed by atoms with Gasteiger partial charge in [-0.1, -0.05) is 30.3 Å². The molecule has 0 fully saturated rings. The Morgan fingerprint density at radius 1 is 0.949 bits per heavy atom. The molecule has 0 unspecified atom stereocenters. The van der Waals surface area contributed by atoms with Crippen LogP contribution >= 0.6 is 0 Å². The van der Waals surface area contributed by atoms with Crippen LogP contribution in [0.2, 0.25) is 0 Å². The van der Waals surface area contributed by atoms with Crippen LogP contribution in [0.1, 0.15) is 39.5 Å². The van der Waals surface area contributed by atoms with Gasteiger partial charge < -0.3 is 20.6 Å². The first-order valence-electron chi connectivity index (χ1n) is 12.9. The Labute approximate surface area is 230 Å². The van der Waals surface area contributed by atoms with E-state index in [9.17, 15) is 9.59 Å². The van der Waals surface area contributed by atoms with Gasteiger partial charge in [-0.05, 0) is 86.5 Å². The molecule has 0 saturated heterocycles. The zero-order valence-corrected chi connectivity index (χ0v) is 23.3. The van der Waals surface area contributed by atoms with Crippen molar-refractivity contribution < 1.29 is 19.5 Å². The van der Waals surface area contributed by atoms with E-state index in [1.165, 1.54) is 5.06 Å². The standard InChI is InChI=1S/C31H38N4O4/c1-22-19-28(29(32-21-37)20-23(22)2)24(3)30(25-9-7-6-8-10-25)33-27-13-11-26(12-14-27)31(38)35(5)39-18-16-34(4)15-17-36/h6-14,19-21,33,36H,15-18H2,1-5H3,(H,32,37)/b30-24+. The number of carbonyl (C=O) groups is 2. The number of hydroxylamine groups is 2. The second kappa shape index (κ2) is 14.2. The topological polar surface area (TPSA) is 94.1 Å². The summed E-state index contributed by atoms with van der Waals surface area (Å²) in [7, 11) is 3.47. The van der Waals surface area contributed by atoms with Crippen LogP contribution in [0.4, 0.5) is 11.4 Å². The highest BCUT2D eigenvalue weighted by Gasteiger charge is 2.16. The summed E-state index contributed by atoms with van der Waals surface area (Å²) in [6.07, 6.45) is 0.695. The van der Waals surface area contributed by atoms with E-state index < -0.39 is 0 Å². The summed E-state index contributed by atoms with van der Waals surface area (Å²) in [6, 6.07) is 21.3. The van der Waals surface area contributed by atoms with Gasteiger partial charge in [0.2, 0.25) is 6.41 Å². The molecular weight excluding hydrogens is 492 g/mol. The molecule has 3 rings (SSSR count). The fourth-order valence-electron chi connectivity index (χ4n) is 4.13. The lowest BCUT2D eigenvalue weighted by Crippen LogP contribution is -2.32. The van der Waals surface area contributed by atoms with E-state index in [0.29, 0.717) is 31.7 Å². The molecule has 3 aromatic carbocycles. The minimum absolute atomic E-state index is 0.0772. The molecular formula is C31H38N4O4. The molecule has 3 N–H and O–H groups in total. The van der Waals surface area contributed by atoms with E-state index in [-0.39, 0.29) is 12.5 Å². The highest BCUT2D eigenvalue weighted by atomic mass is 16.7. The van der Waals surface area contributed by atoms with Gasteiger partial charge in [0.25, 0.3) is 5.91 Å². The molecule has 0 spiro atoms. The highest BCUT2D eigenvalue weighted by Crippen LogP contribution is 2.33. The third-order valence-electron chi connectivity index (χ3n) is 6.62. The number of hydrogen-bond donors (Lipinski definition) is 3. The van der Waals surface area contributed by atoms with Gasteiger partial charge >= 0.3 is 0 Å². The molecule has 39 heavy (non-hydrogen) atoms. The third-order valence-corrected chi connectivity index (χ3v) is 6.62. The second-order valence-corrected chi connectivity index (χ2v) is 9.48. The van der Waals surface area contributed by atoms with Gasteiger partial charge in [0.15, 0.2) is 0 Å². The molecule has 2 amide bonds. The number of nitrogens with one attached hydrogen (secondary N) is 2. The zero-order chi connectivity index (χ0) is 28.4. The number of anilines is 2. The Bertz CT molecular complexity index is 1290. The Kier molecular flexibility index (Phi) is 10.8. The van der Waals surface area contributed by atoms with Crippen molar-refractivity contribution in [3.63, 3.8) is 0 Å². The first-order chi connectivity index (χ1) is 18.7. The average molecular weight is 531 g/mol. The van der Waals surface area contributed by atoms with E-state index in [0.717, 1.165) is 44.9 Å². The molecule has 0 aliphatic heterocycles. The number of carbonyl (C=O) groups excluding carboxylic acids is 2. The van der Waals surface area contributed by atoms with Crippen molar-refractivity contribution in [2.75, 3.05) is 51.0 Å². The predicted molar refractivity (Wildman–Crippen MR) is 157 cm³/mol. The number of aliphatic hydroxyl groups is 1. The number of hydrogen-bond acceptors (Lipinski definition) is 6. The van der Waals surface area contributed by atoms with Crippen LogP contribution in [-0.4, -0.2) is 67.8 Å². The van der Waals surface area contributed by atoms with E-state index in [1.54, 1.807) is 19.2 Å². The van der Waals surface area contributed by atoms with Crippen molar-refractivity contribution in [3.05, 3.63) is 94.5 Å². The minimum Gasteiger partial charge on any atom is -0.395 e. The Morgan fingerprint density at radius 2 is 1.62 bits per heavy atom. The number of aryl methyl sites for hydroxylation is 2. The Balaban J connectivity index is 1.85. The summed E-state index contributed by atoms with van der Waals surface area (Å²) in [5, 5.41) is 16.6. The van der Waals surface area contributed by atoms with Gasteiger partial charge in [0, 0.05) is 48.3 Å². The van der Waals surface area contributed by atoms with Crippen molar-refractivity contribution in [1.82, 2.24) is 9.96 Å². The Hall–Kier alpha value is -3.98. The van der Waals surface area contributed by atoms with Crippen molar-refractivity contribution in [1.29, 1.82) is 0 Å². The van der Waals surface area contributed by atoms with E-state index in [4.69, 9.17) is 9.94 Å². The highest BCUT2D eigenvalue weighted by molar-refractivity contribution is 5.99. The van der Waals surface area contributed by atoms with Gasteiger partial charge in [-0.3, -0.25) is 14.4 Å². The van der Waals surface area contributed by atoms with Crippen molar-refractivity contribution in [3.8, 4) is 0 Å². The van der Waals surface area contributed by atoms with E-state index >= 15 is 0 Å². The summed E-state index contributed by atoms with van der Waals surface area (Å²) in [5.74, 6) is -0.249. The number of likely N-dealkylation sites (N-methyl/N-ethyl adjacent to an activating group) is 1. The molecule has 8 heteroatoms. The molecule has 206 valence electrons. The number of nitrogens with zero attached hydrogens (tertiary/aromatic N) is 2. The zero-order valence-electron chi connectivity index (χ0n) is 23.3. The van der Waals surface area contributed by atoms with Crippen molar-refractivity contribution >= 4 is 35.0 Å². The first-order valence-corrected chi connectivity index (χ1v) is 12.9. The summed E-state index contributed by atoms with van der Waals surface area (Å²) in [5.41, 5.74) is 8.04. The van der Waals surface area contributed by atoms with Gasteiger partial charge in [0.1, 0.15) is 0 Å². The molecule has 0 aliphatic carbocycles. The van der Waals surface area contributed by atoms with Crippen LogP contribution in [-0.2, 0) is 9.63 Å². The number of rotatable bonds is 13. The molecule has 0 atom stereocenters. The number of benzene rings is 3. The fraction of sp³-hybridized carbons (Fsp3) is 0.290.